The first-order valence-electron chi connectivity index (χ1n) is 5.59. The third-order valence-corrected chi connectivity index (χ3v) is 4.63. The molecule has 2 aromatic rings. The number of aromatic nitrogens is 2. The second-order valence-corrected chi connectivity index (χ2v) is 6.20. The van der Waals surface area contributed by atoms with Crippen LogP contribution in [-0.4, -0.2) is 18.6 Å². The summed E-state index contributed by atoms with van der Waals surface area (Å²) in [6.45, 7) is 3.20. The van der Waals surface area contributed by atoms with Gasteiger partial charge in [-0.2, -0.15) is 10.4 Å². The van der Waals surface area contributed by atoms with Gasteiger partial charge in [0.1, 0.15) is 4.90 Å². The predicted octanol–water partition coefficient (Wildman–Crippen LogP) is 2.35. The summed E-state index contributed by atoms with van der Waals surface area (Å²) >= 11 is 5.94. The molecule has 0 aliphatic rings. The number of anilines is 1. The number of H-pyrrole nitrogens is 1. The Morgan fingerprint density at radius 2 is 2.10 bits per heavy atom. The Kier molecular flexibility index (Phi) is 3.70. The van der Waals surface area contributed by atoms with Gasteiger partial charge in [0.25, 0.3) is 10.0 Å². The van der Waals surface area contributed by atoms with Crippen LogP contribution in [0.25, 0.3) is 0 Å². The average Bonchev–Trinajstić information content (AvgIpc) is 2.72. The van der Waals surface area contributed by atoms with Crippen LogP contribution < -0.4 is 4.72 Å². The number of nitrogens with zero attached hydrogens (tertiary/aromatic N) is 2. The number of sulfonamides is 1. The number of benzene rings is 1. The number of aromatic amines is 1. The van der Waals surface area contributed by atoms with Crippen molar-refractivity contribution in [3.8, 4) is 6.07 Å². The highest BCUT2D eigenvalue weighted by Gasteiger charge is 2.23. The smallest absolute Gasteiger partial charge is 0.265 e. The molecule has 0 saturated heterocycles. The van der Waals surface area contributed by atoms with Crippen LogP contribution in [0.5, 0.6) is 0 Å². The van der Waals surface area contributed by atoms with E-state index in [9.17, 15) is 8.42 Å². The Morgan fingerprint density at radius 1 is 1.40 bits per heavy atom. The van der Waals surface area contributed by atoms with E-state index < -0.39 is 10.0 Å². The number of hydrogen-bond donors (Lipinski definition) is 2. The third kappa shape index (κ3) is 2.61. The molecule has 6 nitrogen and oxygen atoms in total. The lowest BCUT2D eigenvalue weighted by Crippen LogP contribution is -2.15. The molecule has 0 spiro atoms. The van der Waals surface area contributed by atoms with Gasteiger partial charge in [0.2, 0.25) is 0 Å². The Balaban J connectivity index is 2.47. The van der Waals surface area contributed by atoms with Gasteiger partial charge >= 0.3 is 0 Å². The molecule has 8 heteroatoms. The van der Waals surface area contributed by atoms with E-state index in [0.717, 1.165) is 0 Å². The van der Waals surface area contributed by atoms with Gasteiger partial charge in [-0.3, -0.25) is 9.82 Å². The minimum atomic E-state index is -3.82. The van der Waals surface area contributed by atoms with Crippen molar-refractivity contribution in [2.24, 2.45) is 0 Å². The van der Waals surface area contributed by atoms with Crippen molar-refractivity contribution in [2.75, 3.05) is 4.72 Å². The van der Waals surface area contributed by atoms with Gasteiger partial charge < -0.3 is 0 Å². The van der Waals surface area contributed by atoms with Gasteiger partial charge in [-0.1, -0.05) is 11.6 Å². The fourth-order valence-corrected chi connectivity index (χ4v) is 3.47. The molecule has 2 rings (SSSR count). The summed E-state index contributed by atoms with van der Waals surface area (Å²) in [4.78, 5) is 0.0796. The molecule has 0 radical (unpaired) electrons. The van der Waals surface area contributed by atoms with Crippen LogP contribution in [0.2, 0.25) is 5.02 Å². The van der Waals surface area contributed by atoms with E-state index in [0.29, 0.717) is 17.0 Å². The van der Waals surface area contributed by atoms with E-state index >= 15 is 0 Å². The van der Waals surface area contributed by atoms with E-state index in [4.69, 9.17) is 16.9 Å². The molecule has 0 bridgehead atoms. The molecular weight excluding hydrogens is 300 g/mol. The zero-order valence-electron chi connectivity index (χ0n) is 10.7. The lowest BCUT2D eigenvalue weighted by Gasteiger charge is -2.10. The van der Waals surface area contributed by atoms with Crippen LogP contribution in [0.1, 0.15) is 17.0 Å². The number of hydrogen-bond acceptors (Lipinski definition) is 4. The van der Waals surface area contributed by atoms with Crippen LogP contribution in [0.15, 0.2) is 23.1 Å². The average molecular weight is 311 g/mol. The first-order valence-corrected chi connectivity index (χ1v) is 7.45. The summed E-state index contributed by atoms with van der Waals surface area (Å²) in [7, 11) is -3.82. The molecule has 104 valence electrons. The van der Waals surface area contributed by atoms with Gasteiger partial charge in [-0.15, -0.1) is 0 Å². The summed E-state index contributed by atoms with van der Waals surface area (Å²) < 4.78 is 27.1. The maximum Gasteiger partial charge on any atom is 0.265 e. The van der Waals surface area contributed by atoms with Gasteiger partial charge in [0, 0.05) is 0 Å². The fraction of sp³-hybridized carbons (Fsp3) is 0.167. The summed E-state index contributed by atoms with van der Waals surface area (Å²) in [5, 5.41) is 15.5. The molecule has 20 heavy (non-hydrogen) atoms. The number of nitriles is 1. The summed E-state index contributed by atoms with van der Waals surface area (Å²) in [5.74, 6) is 0. The lowest BCUT2D eigenvalue weighted by atomic mass is 10.2. The topological polar surface area (TPSA) is 98.6 Å². The molecule has 2 N–H and O–H groups in total. The number of aryl methyl sites for hydroxylation is 2. The Morgan fingerprint density at radius 3 is 2.65 bits per heavy atom. The molecule has 0 fully saturated rings. The molecule has 1 aromatic heterocycles. The second kappa shape index (κ2) is 5.15. The summed E-state index contributed by atoms with van der Waals surface area (Å²) in [6.07, 6.45) is 0. The molecule has 0 aliphatic heterocycles. The van der Waals surface area contributed by atoms with Crippen molar-refractivity contribution in [3.05, 3.63) is 40.2 Å². The zero-order chi connectivity index (χ0) is 14.9. The third-order valence-electron chi connectivity index (χ3n) is 2.67. The lowest BCUT2D eigenvalue weighted by molar-refractivity contribution is 0.600. The van der Waals surface area contributed by atoms with Crippen LogP contribution >= 0.6 is 11.6 Å². The van der Waals surface area contributed by atoms with Gasteiger partial charge in [-0.05, 0) is 32.0 Å². The van der Waals surface area contributed by atoms with E-state index in [1.807, 2.05) is 6.07 Å². The van der Waals surface area contributed by atoms with Crippen molar-refractivity contribution in [1.82, 2.24) is 10.2 Å². The molecule has 0 saturated carbocycles. The standard InChI is InChI=1S/C12H11ClN4O2S/c1-7-12(8(2)16-15-7)20(18,19)17-11-5-9(6-14)3-4-10(11)13/h3-5,17H,1-2H3,(H,15,16). The van der Waals surface area contributed by atoms with Crippen molar-refractivity contribution >= 4 is 27.3 Å². The normalized spacial score (nSPS) is 11.1. The van der Waals surface area contributed by atoms with Crippen molar-refractivity contribution in [2.45, 2.75) is 18.7 Å². The Hall–Kier alpha value is -2.04. The van der Waals surface area contributed by atoms with Gasteiger partial charge in [-0.25, -0.2) is 8.42 Å². The second-order valence-electron chi connectivity index (χ2n) is 4.18. The van der Waals surface area contributed by atoms with Crippen LogP contribution in [0.4, 0.5) is 5.69 Å². The maximum absolute atomic E-state index is 12.3. The van der Waals surface area contributed by atoms with Crippen LogP contribution in [0.3, 0.4) is 0 Å². The van der Waals surface area contributed by atoms with E-state index in [1.54, 1.807) is 13.8 Å². The molecule has 1 heterocycles. The molecule has 0 unspecified atom stereocenters. The zero-order valence-corrected chi connectivity index (χ0v) is 12.3. The Labute approximate surface area is 121 Å². The van der Waals surface area contributed by atoms with Crippen LogP contribution in [-0.2, 0) is 10.0 Å². The molecule has 0 amide bonds. The van der Waals surface area contributed by atoms with Crippen molar-refractivity contribution in [1.29, 1.82) is 5.26 Å². The molecule has 1 aromatic carbocycles. The SMILES string of the molecule is Cc1n[nH]c(C)c1S(=O)(=O)Nc1cc(C#N)ccc1Cl. The maximum atomic E-state index is 12.3. The van der Waals surface area contributed by atoms with Crippen molar-refractivity contribution in [3.63, 3.8) is 0 Å². The van der Waals surface area contributed by atoms with Crippen LogP contribution in [0, 0.1) is 25.2 Å². The van der Waals surface area contributed by atoms with Gasteiger partial charge in [0.05, 0.1) is 33.7 Å². The molecule has 0 atom stereocenters. The van der Waals surface area contributed by atoms with Gasteiger partial charge in [0.15, 0.2) is 0 Å². The van der Waals surface area contributed by atoms with Crippen molar-refractivity contribution < 1.29 is 8.42 Å². The van der Waals surface area contributed by atoms with E-state index in [2.05, 4.69) is 14.9 Å². The highest BCUT2D eigenvalue weighted by molar-refractivity contribution is 7.92. The first-order chi connectivity index (χ1) is 9.35. The Bertz CT molecular complexity index is 786. The number of halogens is 1. The molecular formula is C12H11ClN4O2S. The highest BCUT2D eigenvalue weighted by atomic mass is 35.5. The van der Waals surface area contributed by atoms with E-state index in [1.165, 1.54) is 18.2 Å². The first kappa shape index (κ1) is 14.4. The number of rotatable bonds is 3. The summed E-state index contributed by atoms with van der Waals surface area (Å²) in [5.41, 5.74) is 1.27. The quantitative estimate of drug-likeness (QED) is 0.909. The fourth-order valence-electron chi connectivity index (χ4n) is 1.81. The monoisotopic (exact) mass is 310 g/mol. The predicted molar refractivity (Wildman–Crippen MR) is 75.0 cm³/mol. The number of nitrogens with one attached hydrogen (secondary N) is 2. The highest BCUT2D eigenvalue weighted by Crippen LogP contribution is 2.27. The largest absolute Gasteiger partial charge is 0.281 e. The van der Waals surface area contributed by atoms with E-state index in [-0.39, 0.29) is 15.6 Å². The minimum absolute atomic E-state index is 0.0796. The summed E-state index contributed by atoms with van der Waals surface area (Å²) in [6, 6.07) is 6.28. The minimum Gasteiger partial charge on any atom is -0.281 e. The molecule has 0 aliphatic carbocycles.